The fourth-order valence-electron chi connectivity index (χ4n) is 3.11. The van der Waals surface area contributed by atoms with Crippen LogP contribution in [-0.4, -0.2) is 46.5 Å². The summed E-state index contributed by atoms with van der Waals surface area (Å²) in [5, 5.41) is 18.4. The standard InChI is InChI=1S/C18H15BrN2O5S3.Na/c19-10-4-13(28-8-10)26-6-9-7-29-17-14(16(23)21(17)15(9)18(24)25)20-12(22)5-11-2-1-3-27-11;/h1-4,8,14,17H,5-7H2,(H,20,22)(H,24,25);/q;+1/p-1/t14?,17-;/m1./s1. The Labute approximate surface area is 215 Å². The Hall–Kier alpha value is -0.820. The van der Waals surface area contributed by atoms with Gasteiger partial charge in [0.1, 0.15) is 18.0 Å². The molecule has 12 heteroatoms. The van der Waals surface area contributed by atoms with Crippen LogP contribution in [-0.2, 0) is 20.8 Å². The summed E-state index contributed by atoms with van der Waals surface area (Å²) < 4.78 is 6.54. The molecule has 0 spiro atoms. The second-order valence-electron chi connectivity index (χ2n) is 6.32. The molecular formula is C18H14BrN2NaO5S3. The normalized spacial score (nSPS) is 20.2. The number of amides is 2. The Bertz CT molecular complexity index is 994. The van der Waals surface area contributed by atoms with E-state index in [2.05, 4.69) is 21.2 Å². The van der Waals surface area contributed by atoms with Gasteiger partial charge in [-0.25, -0.2) is 0 Å². The number of nitrogens with zero attached hydrogens (tertiary/aromatic N) is 1. The van der Waals surface area contributed by atoms with Crippen LogP contribution in [0, 0.1) is 0 Å². The molecule has 0 saturated carbocycles. The minimum absolute atomic E-state index is 0. The third kappa shape index (κ3) is 4.98. The second-order valence-corrected chi connectivity index (χ2v) is 10.3. The molecule has 2 atom stereocenters. The van der Waals surface area contributed by atoms with Crippen molar-refractivity contribution in [2.75, 3.05) is 12.4 Å². The summed E-state index contributed by atoms with van der Waals surface area (Å²) in [7, 11) is 0. The van der Waals surface area contributed by atoms with E-state index in [0.717, 1.165) is 9.35 Å². The molecule has 2 aromatic rings. The fourth-order valence-corrected chi connectivity index (χ4v) is 6.40. The van der Waals surface area contributed by atoms with Crippen molar-refractivity contribution in [3.05, 3.63) is 49.6 Å². The van der Waals surface area contributed by atoms with E-state index in [9.17, 15) is 19.5 Å². The SMILES string of the molecule is O=C(Cc1cccs1)NC1C(=O)N2C(C(=O)[O-])=C(COc3cc(Br)cs3)CS[C@H]12.[Na+]. The molecule has 2 aliphatic rings. The molecule has 2 aliphatic heterocycles. The van der Waals surface area contributed by atoms with Crippen molar-refractivity contribution in [3.8, 4) is 5.06 Å². The maximum Gasteiger partial charge on any atom is 1.00 e. The van der Waals surface area contributed by atoms with Gasteiger partial charge in [0, 0.05) is 32.1 Å². The van der Waals surface area contributed by atoms with Gasteiger partial charge in [0.2, 0.25) is 5.91 Å². The summed E-state index contributed by atoms with van der Waals surface area (Å²) in [6, 6.07) is 4.76. The van der Waals surface area contributed by atoms with Crippen LogP contribution in [0.4, 0.5) is 0 Å². The van der Waals surface area contributed by atoms with E-state index in [1.807, 2.05) is 22.9 Å². The van der Waals surface area contributed by atoms with Crippen molar-refractivity contribution in [1.82, 2.24) is 10.2 Å². The number of rotatable bonds is 7. The van der Waals surface area contributed by atoms with E-state index in [1.165, 1.54) is 39.3 Å². The van der Waals surface area contributed by atoms with Crippen molar-refractivity contribution in [3.63, 3.8) is 0 Å². The minimum Gasteiger partial charge on any atom is -0.543 e. The molecule has 30 heavy (non-hydrogen) atoms. The minimum atomic E-state index is -1.42. The number of ether oxygens (including phenoxy) is 1. The first kappa shape index (κ1) is 23.8. The van der Waals surface area contributed by atoms with Gasteiger partial charge in [0.05, 0.1) is 18.1 Å². The molecule has 0 aliphatic carbocycles. The number of hydrogen-bond acceptors (Lipinski definition) is 8. The number of nitrogens with one attached hydrogen (secondary N) is 1. The molecule has 1 saturated heterocycles. The van der Waals surface area contributed by atoms with Crippen LogP contribution in [0.3, 0.4) is 0 Å². The summed E-state index contributed by atoms with van der Waals surface area (Å²) >= 11 is 7.59. The van der Waals surface area contributed by atoms with Crippen molar-refractivity contribution >= 4 is 68.1 Å². The van der Waals surface area contributed by atoms with Gasteiger partial charge in [-0.3, -0.25) is 14.5 Å². The Balaban J connectivity index is 0.00000256. The summed E-state index contributed by atoms with van der Waals surface area (Å²) in [4.78, 5) is 38.7. The monoisotopic (exact) mass is 536 g/mol. The smallest absolute Gasteiger partial charge is 0.543 e. The molecule has 2 amide bonds. The topological polar surface area (TPSA) is 98.8 Å². The Morgan fingerprint density at radius 1 is 1.37 bits per heavy atom. The second kappa shape index (κ2) is 10.2. The summed E-state index contributed by atoms with van der Waals surface area (Å²) in [5.74, 6) is -1.75. The van der Waals surface area contributed by atoms with E-state index in [-0.39, 0.29) is 54.2 Å². The number of aliphatic carboxylic acids is 1. The molecule has 1 N–H and O–H groups in total. The van der Waals surface area contributed by atoms with Crippen LogP contribution in [0.1, 0.15) is 4.88 Å². The third-order valence-corrected chi connectivity index (χ3v) is 8.22. The summed E-state index contributed by atoms with van der Waals surface area (Å²) in [6.07, 6.45) is 0.192. The van der Waals surface area contributed by atoms with Gasteiger partial charge >= 0.3 is 29.6 Å². The average molecular weight is 537 g/mol. The Kier molecular flexibility index (Phi) is 8.10. The summed E-state index contributed by atoms with van der Waals surface area (Å²) in [5.41, 5.74) is 0.325. The Morgan fingerprint density at radius 2 is 2.17 bits per heavy atom. The van der Waals surface area contributed by atoms with E-state index in [4.69, 9.17) is 4.74 Å². The average Bonchev–Trinajstić information content (AvgIpc) is 3.35. The predicted octanol–water partition coefficient (Wildman–Crippen LogP) is -1.40. The van der Waals surface area contributed by atoms with Crippen LogP contribution < -0.4 is 44.7 Å². The number of carboxylic acids is 1. The number of thiophene rings is 2. The number of halogens is 1. The van der Waals surface area contributed by atoms with Crippen LogP contribution in [0.5, 0.6) is 5.06 Å². The molecule has 0 aromatic carbocycles. The molecule has 7 nitrogen and oxygen atoms in total. The van der Waals surface area contributed by atoms with Gasteiger partial charge < -0.3 is 20.0 Å². The Morgan fingerprint density at radius 3 is 2.80 bits per heavy atom. The number of carbonyl (C=O) groups excluding carboxylic acids is 3. The number of thioether (sulfide) groups is 1. The van der Waals surface area contributed by atoms with Crippen molar-refractivity contribution < 1.29 is 53.8 Å². The zero-order valence-corrected chi connectivity index (χ0v) is 21.8. The molecule has 2 aromatic heterocycles. The van der Waals surface area contributed by atoms with Gasteiger partial charge in [0.15, 0.2) is 5.06 Å². The number of carbonyl (C=O) groups is 3. The fraction of sp³-hybridized carbons (Fsp3) is 0.278. The molecule has 0 bridgehead atoms. The number of carboxylic acid groups (broad SMARTS) is 1. The molecule has 1 fully saturated rings. The molecule has 4 rings (SSSR count). The first-order valence-corrected chi connectivity index (χ1v) is 12.1. The van der Waals surface area contributed by atoms with Crippen molar-refractivity contribution in [1.29, 1.82) is 0 Å². The quantitative estimate of drug-likeness (QED) is 0.345. The van der Waals surface area contributed by atoms with E-state index in [1.54, 1.807) is 6.07 Å². The zero-order chi connectivity index (χ0) is 20.5. The van der Waals surface area contributed by atoms with E-state index in [0.29, 0.717) is 16.4 Å². The van der Waals surface area contributed by atoms with Crippen LogP contribution in [0.2, 0.25) is 0 Å². The van der Waals surface area contributed by atoms with Gasteiger partial charge in [0.25, 0.3) is 5.91 Å². The third-order valence-electron chi connectivity index (χ3n) is 4.40. The van der Waals surface area contributed by atoms with Gasteiger partial charge in [-0.15, -0.1) is 34.4 Å². The van der Waals surface area contributed by atoms with Crippen molar-refractivity contribution in [2.45, 2.75) is 17.8 Å². The predicted molar refractivity (Wildman–Crippen MR) is 113 cm³/mol. The number of hydrogen-bond donors (Lipinski definition) is 1. The molecular weight excluding hydrogens is 523 g/mol. The van der Waals surface area contributed by atoms with Crippen LogP contribution >= 0.6 is 50.4 Å². The first-order chi connectivity index (χ1) is 13.9. The molecule has 152 valence electrons. The zero-order valence-electron chi connectivity index (χ0n) is 15.8. The van der Waals surface area contributed by atoms with Gasteiger partial charge in [-0.05, 0) is 27.4 Å². The van der Waals surface area contributed by atoms with Gasteiger partial charge in [-0.2, -0.15) is 0 Å². The number of fused-ring (bicyclic) bond motifs is 1. The largest absolute Gasteiger partial charge is 1.00 e. The van der Waals surface area contributed by atoms with Gasteiger partial charge in [-0.1, -0.05) is 6.07 Å². The first-order valence-electron chi connectivity index (χ1n) is 8.50. The number of β-lactam (4-membered cyclic amide) rings is 1. The van der Waals surface area contributed by atoms with Crippen molar-refractivity contribution in [2.24, 2.45) is 0 Å². The summed E-state index contributed by atoms with van der Waals surface area (Å²) in [6.45, 7) is 0.0508. The van der Waals surface area contributed by atoms with Crippen LogP contribution in [0.25, 0.3) is 0 Å². The molecule has 0 radical (unpaired) electrons. The maximum absolute atomic E-state index is 12.6. The molecule has 4 heterocycles. The molecule has 1 unspecified atom stereocenters. The van der Waals surface area contributed by atoms with E-state index < -0.39 is 23.3 Å². The van der Waals surface area contributed by atoms with Crippen LogP contribution in [0.15, 0.2) is 44.7 Å². The maximum atomic E-state index is 12.6. The van der Waals surface area contributed by atoms with E-state index >= 15 is 0 Å².